The van der Waals surface area contributed by atoms with Gasteiger partial charge in [-0.3, -0.25) is 0 Å². The van der Waals surface area contributed by atoms with Gasteiger partial charge in [-0.25, -0.2) is 9.79 Å². The number of hydrogen-bond donors (Lipinski definition) is 2. The first kappa shape index (κ1) is 16.7. The Hall–Kier alpha value is -2.14. The quantitative estimate of drug-likeness (QED) is 0.323. The first-order valence-corrected chi connectivity index (χ1v) is 8.48. The second kappa shape index (κ2) is 6.40. The van der Waals surface area contributed by atoms with Gasteiger partial charge in [-0.1, -0.05) is 11.6 Å². The maximum atomic E-state index is 12.4. The van der Waals surface area contributed by atoms with Gasteiger partial charge < -0.3 is 26.2 Å². The van der Waals surface area contributed by atoms with Crippen LogP contribution in [0.15, 0.2) is 15.8 Å². The number of nitriles is 1. The van der Waals surface area contributed by atoms with E-state index in [-0.39, 0.29) is 34.9 Å². The monoisotopic (exact) mass is 351 g/mol. The van der Waals surface area contributed by atoms with E-state index in [0.29, 0.717) is 5.92 Å². The number of carbonyl (C=O) groups is 1. The highest BCUT2D eigenvalue weighted by Gasteiger charge is 2.47. The average molecular weight is 352 g/mol. The third-order valence-electron chi connectivity index (χ3n) is 5.24. The van der Waals surface area contributed by atoms with Crippen LogP contribution in [0.4, 0.5) is 4.79 Å². The number of aliphatic imine (C=N–C) groups is 1. The highest BCUT2D eigenvalue weighted by molar-refractivity contribution is 6.30. The van der Waals surface area contributed by atoms with Crippen LogP contribution in [0.25, 0.3) is 0 Å². The molecular weight excluding hydrogens is 330 g/mol. The van der Waals surface area contributed by atoms with Crippen LogP contribution >= 0.6 is 11.6 Å². The first-order valence-electron chi connectivity index (χ1n) is 8.10. The van der Waals surface area contributed by atoms with Crippen molar-refractivity contribution in [1.82, 2.24) is 14.7 Å². The van der Waals surface area contributed by atoms with Crippen LogP contribution in [0.2, 0.25) is 0 Å². The summed E-state index contributed by atoms with van der Waals surface area (Å²) in [6.07, 6.45) is 3.10. The molecule has 0 radical (unpaired) electrons. The summed E-state index contributed by atoms with van der Waals surface area (Å²) in [5.74, 6) is 0.737. The molecule has 9 heteroatoms. The van der Waals surface area contributed by atoms with E-state index < -0.39 is 0 Å². The standard InChI is InChI=1S/C15H22ClN7O/c1-21-4-5-22(15(21)24)12-6-9-2-3-11(12)23(8-9)14(19)20-13(16)10(18)7-17/h9,11-12H,2-6,8,18H2,1H3,(H2,19,20)/b13-10-. The average Bonchev–Trinajstić information content (AvgIpc) is 2.93. The predicted molar refractivity (Wildman–Crippen MR) is 90.7 cm³/mol. The van der Waals surface area contributed by atoms with E-state index in [4.69, 9.17) is 28.3 Å². The molecule has 1 aliphatic carbocycles. The highest BCUT2D eigenvalue weighted by atomic mass is 35.5. The summed E-state index contributed by atoms with van der Waals surface area (Å²) in [7, 11) is 1.83. The van der Waals surface area contributed by atoms with Crippen molar-refractivity contribution >= 4 is 23.6 Å². The third kappa shape index (κ3) is 2.84. The number of carbonyl (C=O) groups excluding carboxylic acids is 1. The largest absolute Gasteiger partial charge is 0.388 e. The lowest BCUT2D eigenvalue weighted by Crippen LogP contribution is -2.64. The number of nitrogens with two attached hydrogens (primary N) is 2. The van der Waals surface area contributed by atoms with Crippen molar-refractivity contribution in [3.8, 4) is 6.07 Å². The number of guanidine groups is 1. The van der Waals surface area contributed by atoms with Gasteiger partial charge in [0.05, 0.1) is 12.1 Å². The smallest absolute Gasteiger partial charge is 0.320 e. The molecule has 2 amide bonds. The van der Waals surface area contributed by atoms with Crippen LogP contribution in [0.1, 0.15) is 19.3 Å². The first-order chi connectivity index (χ1) is 11.4. The van der Waals surface area contributed by atoms with Gasteiger partial charge in [0.15, 0.2) is 11.1 Å². The number of fused-ring (bicyclic) bond motifs is 3. The number of piperidine rings is 2. The van der Waals surface area contributed by atoms with Gasteiger partial charge in [0.1, 0.15) is 11.8 Å². The van der Waals surface area contributed by atoms with E-state index in [2.05, 4.69) is 4.99 Å². The minimum absolute atomic E-state index is 0.0784. The molecule has 4 aliphatic rings. The lowest BCUT2D eigenvalue weighted by atomic mass is 9.76. The number of allylic oxidation sites excluding steroid dienone is 1. The van der Waals surface area contributed by atoms with Gasteiger partial charge in [-0.2, -0.15) is 5.26 Å². The second-order valence-electron chi connectivity index (χ2n) is 6.65. The SMILES string of the molecule is CN1CCN(C2CC3CCC2N(C(N)=N/C(Cl)=C(\N)C#N)C3)C1=O. The Bertz CT molecular complexity index is 640. The molecule has 3 unspecified atom stereocenters. The van der Waals surface area contributed by atoms with Crippen molar-refractivity contribution in [3.63, 3.8) is 0 Å². The zero-order valence-electron chi connectivity index (χ0n) is 13.7. The van der Waals surface area contributed by atoms with E-state index in [1.165, 1.54) is 0 Å². The van der Waals surface area contributed by atoms with Crippen molar-refractivity contribution in [2.45, 2.75) is 31.3 Å². The lowest BCUT2D eigenvalue weighted by molar-refractivity contribution is 0.0281. The molecule has 4 N–H and O–H groups in total. The summed E-state index contributed by atoms with van der Waals surface area (Å²) >= 11 is 5.92. The van der Waals surface area contributed by atoms with Gasteiger partial charge in [0.2, 0.25) is 0 Å². The minimum Gasteiger partial charge on any atom is -0.388 e. The van der Waals surface area contributed by atoms with Gasteiger partial charge in [-0.05, 0) is 25.2 Å². The normalized spacial score (nSPS) is 31.4. The summed E-state index contributed by atoms with van der Waals surface area (Å²) in [6.45, 7) is 2.30. The van der Waals surface area contributed by atoms with Crippen LogP contribution < -0.4 is 11.5 Å². The summed E-state index contributed by atoms with van der Waals surface area (Å²) in [6, 6.07) is 2.10. The van der Waals surface area contributed by atoms with Gasteiger partial charge in [0, 0.05) is 26.7 Å². The van der Waals surface area contributed by atoms with Crippen LogP contribution in [-0.2, 0) is 0 Å². The summed E-state index contributed by atoms with van der Waals surface area (Å²) in [5, 5.41) is 8.69. The molecule has 24 heavy (non-hydrogen) atoms. The fourth-order valence-corrected chi connectivity index (χ4v) is 4.13. The highest BCUT2D eigenvalue weighted by Crippen LogP contribution is 2.38. The van der Waals surface area contributed by atoms with Crippen molar-refractivity contribution in [1.29, 1.82) is 5.26 Å². The molecule has 3 aliphatic heterocycles. The van der Waals surface area contributed by atoms with Gasteiger partial charge in [0.25, 0.3) is 0 Å². The van der Waals surface area contributed by atoms with Gasteiger partial charge >= 0.3 is 6.03 Å². The molecule has 3 heterocycles. The molecule has 4 rings (SSSR count). The Morgan fingerprint density at radius 2 is 2.08 bits per heavy atom. The summed E-state index contributed by atoms with van der Waals surface area (Å²) in [4.78, 5) is 22.2. The fraction of sp³-hybridized carbons (Fsp3) is 0.667. The second-order valence-corrected chi connectivity index (χ2v) is 7.01. The van der Waals surface area contributed by atoms with Crippen LogP contribution in [0.5, 0.6) is 0 Å². The number of rotatable bonds is 2. The molecule has 1 saturated carbocycles. The fourth-order valence-electron chi connectivity index (χ4n) is 4.00. The lowest BCUT2D eigenvalue weighted by Gasteiger charge is -2.52. The van der Waals surface area contributed by atoms with Gasteiger partial charge in [-0.15, -0.1) is 0 Å². The van der Waals surface area contributed by atoms with E-state index in [0.717, 1.165) is 38.9 Å². The van der Waals surface area contributed by atoms with Crippen molar-refractivity contribution in [2.24, 2.45) is 22.4 Å². The Labute approximate surface area is 146 Å². The molecular formula is C15H22ClN7O. The third-order valence-corrected chi connectivity index (χ3v) is 5.53. The topological polar surface area (TPSA) is 115 Å². The van der Waals surface area contributed by atoms with Crippen molar-refractivity contribution in [3.05, 3.63) is 10.9 Å². The van der Waals surface area contributed by atoms with E-state index >= 15 is 0 Å². The Balaban J connectivity index is 1.82. The molecule has 2 bridgehead atoms. The molecule has 3 saturated heterocycles. The zero-order valence-corrected chi connectivity index (χ0v) is 14.4. The summed E-state index contributed by atoms with van der Waals surface area (Å²) < 4.78 is 0. The molecule has 0 aromatic rings. The van der Waals surface area contributed by atoms with Crippen LogP contribution in [0.3, 0.4) is 0 Å². The molecule has 0 aromatic carbocycles. The molecule has 0 spiro atoms. The Morgan fingerprint density at radius 3 is 2.67 bits per heavy atom. The Kier molecular flexibility index (Phi) is 4.45. The number of likely N-dealkylation sites (N-methyl/N-ethyl adjacent to an activating group) is 1. The van der Waals surface area contributed by atoms with Crippen LogP contribution in [-0.4, -0.2) is 65.5 Å². The summed E-state index contributed by atoms with van der Waals surface area (Å²) in [5.41, 5.74) is 11.4. The van der Waals surface area contributed by atoms with E-state index in [1.54, 1.807) is 11.0 Å². The molecule has 8 nitrogen and oxygen atoms in total. The number of halogens is 1. The maximum absolute atomic E-state index is 12.4. The van der Waals surface area contributed by atoms with Crippen LogP contribution in [0, 0.1) is 17.2 Å². The molecule has 0 aromatic heterocycles. The number of urea groups is 1. The number of hydrogen-bond acceptors (Lipinski definition) is 4. The zero-order chi connectivity index (χ0) is 17.4. The Morgan fingerprint density at radius 1 is 1.33 bits per heavy atom. The number of nitrogens with zero attached hydrogens (tertiary/aromatic N) is 5. The number of amides is 2. The predicted octanol–water partition coefficient (Wildman–Crippen LogP) is 0.412. The van der Waals surface area contributed by atoms with E-state index in [9.17, 15) is 4.79 Å². The van der Waals surface area contributed by atoms with E-state index in [1.807, 2.05) is 16.8 Å². The van der Waals surface area contributed by atoms with Crippen molar-refractivity contribution in [2.75, 3.05) is 26.7 Å². The molecule has 4 fully saturated rings. The van der Waals surface area contributed by atoms with Crippen molar-refractivity contribution < 1.29 is 4.79 Å². The molecule has 3 atom stereocenters. The molecule has 130 valence electrons. The minimum atomic E-state index is -0.158. The maximum Gasteiger partial charge on any atom is 0.320 e.